The lowest BCUT2D eigenvalue weighted by Gasteiger charge is -2.24. The first kappa shape index (κ1) is 13.2. The molecule has 0 aliphatic carbocycles. The van der Waals surface area contributed by atoms with Gasteiger partial charge >= 0.3 is 6.18 Å². The van der Waals surface area contributed by atoms with E-state index in [1.54, 1.807) is 0 Å². The fourth-order valence-corrected chi connectivity index (χ4v) is 0.464. The van der Waals surface area contributed by atoms with E-state index in [0.717, 1.165) is 6.92 Å². The Hall–Kier alpha value is -0.820. The van der Waals surface area contributed by atoms with Crippen LogP contribution in [0.15, 0.2) is 0 Å². The molecule has 0 radical (unpaired) electrons. The number of ether oxygens (including phenoxy) is 1. The van der Waals surface area contributed by atoms with Crippen LogP contribution < -0.4 is 11.5 Å². The molecular weight excluding hydrogens is 201 g/mol. The molecule has 0 aromatic heterocycles. The molecule has 0 aromatic carbocycles. The zero-order chi connectivity index (χ0) is 11.6. The molecule has 0 saturated heterocycles. The number of carbonyl (C=O) groups excluding carboxylic acids is 1. The molecule has 0 saturated carbocycles. The van der Waals surface area contributed by atoms with Gasteiger partial charge < -0.3 is 16.2 Å². The Balaban J connectivity index is 4.13. The van der Waals surface area contributed by atoms with Crippen molar-refractivity contribution in [1.29, 1.82) is 0 Å². The summed E-state index contributed by atoms with van der Waals surface area (Å²) >= 11 is 0. The molecule has 14 heavy (non-hydrogen) atoms. The van der Waals surface area contributed by atoms with Gasteiger partial charge in [-0.1, -0.05) is 0 Å². The van der Waals surface area contributed by atoms with Gasteiger partial charge in [0.05, 0.1) is 6.61 Å². The van der Waals surface area contributed by atoms with Crippen molar-refractivity contribution in [2.24, 2.45) is 11.5 Å². The van der Waals surface area contributed by atoms with Crippen LogP contribution in [0.5, 0.6) is 0 Å². The van der Waals surface area contributed by atoms with E-state index in [2.05, 4.69) is 4.74 Å². The Morgan fingerprint density at radius 3 is 2.21 bits per heavy atom. The molecular formula is C7H13F3N2O2. The Kier molecular flexibility index (Phi) is 3.90. The van der Waals surface area contributed by atoms with Gasteiger partial charge in [-0.3, -0.25) is 4.79 Å². The van der Waals surface area contributed by atoms with Gasteiger partial charge in [-0.2, -0.15) is 13.2 Å². The summed E-state index contributed by atoms with van der Waals surface area (Å²) < 4.78 is 40.2. The summed E-state index contributed by atoms with van der Waals surface area (Å²) in [5.74, 6) is -0.910. The molecule has 4 N–H and O–H groups in total. The minimum Gasteiger partial charge on any atom is -0.368 e. The number of hydrogen-bond donors (Lipinski definition) is 2. The van der Waals surface area contributed by atoms with E-state index in [1.165, 1.54) is 6.92 Å². The van der Waals surface area contributed by atoms with Gasteiger partial charge in [0.2, 0.25) is 5.91 Å². The van der Waals surface area contributed by atoms with Gasteiger partial charge in [0.1, 0.15) is 5.54 Å². The molecule has 0 spiro atoms. The van der Waals surface area contributed by atoms with Gasteiger partial charge in [-0.05, 0) is 13.8 Å². The highest BCUT2D eigenvalue weighted by molar-refractivity contribution is 5.83. The lowest BCUT2D eigenvalue weighted by molar-refractivity contribution is -0.217. The molecule has 0 aliphatic heterocycles. The largest absolute Gasteiger partial charge is 0.414 e. The van der Waals surface area contributed by atoms with Crippen molar-refractivity contribution in [1.82, 2.24) is 0 Å². The summed E-state index contributed by atoms with van der Waals surface area (Å²) in [5, 5.41) is 0. The molecule has 2 unspecified atom stereocenters. The maximum absolute atomic E-state index is 11.9. The summed E-state index contributed by atoms with van der Waals surface area (Å²) in [5.41, 5.74) is 8.54. The van der Waals surface area contributed by atoms with Crippen molar-refractivity contribution in [3.63, 3.8) is 0 Å². The number of alkyl halides is 3. The standard InChI is InChI=1S/C7H13F3N2O2/c1-4(7(8,9)10)14-3-6(2,12)5(11)13/h4H,3,12H2,1-2H3,(H2,11,13). The van der Waals surface area contributed by atoms with Crippen molar-refractivity contribution < 1.29 is 22.7 Å². The molecule has 0 fully saturated rings. The Morgan fingerprint density at radius 1 is 1.50 bits per heavy atom. The maximum Gasteiger partial charge on any atom is 0.414 e. The fraction of sp³-hybridized carbons (Fsp3) is 0.857. The van der Waals surface area contributed by atoms with Crippen LogP contribution in [0, 0.1) is 0 Å². The molecule has 1 amide bonds. The Bertz CT molecular complexity index is 215. The third kappa shape index (κ3) is 3.93. The highest BCUT2D eigenvalue weighted by atomic mass is 19.4. The lowest BCUT2D eigenvalue weighted by Crippen LogP contribution is -2.54. The zero-order valence-corrected chi connectivity index (χ0v) is 7.89. The van der Waals surface area contributed by atoms with Crippen LogP contribution in [-0.4, -0.2) is 30.3 Å². The zero-order valence-electron chi connectivity index (χ0n) is 7.89. The third-order valence-electron chi connectivity index (χ3n) is 1.66. The molecule has 0 aromatic rings. The summed E-state index contributed by atoms with van der Waals surface area (Å²) in [4.78, 5) is 10.6. The van der Waals surface area contributed by atoms with E-state index < -0.39 is 30.3 Å². The predicted molar refractivity (Wildman–Crippen MR) is 43.3 cm³/mol. The first-order chi connectivity index (χ1) is 6.07. The van der Waals surface area contributed by atoms with Gasteiger partial charge in [0.15, 0.2) is 6.10 Å². The van der Waals surface area contributed by atoms with E-state index in [0.29, 0.717) is 0 Å². The highest BCUT2D eigenvalue weighted by Gasteiger charge is 2.38. The summed E-state index contributed by atoms with van der Waals surface area (Å²) in [6, 6.07) is 0. The maximum atomic E-state index is 11.9. The molecule has 0 bridgehead atoms. The molecule has 4 nitrogen and oxygen atoms in total. The van der Waals surface area contributed by atoms with E-state index in [-0.39, 0.29) is 0 Å². The number of rotatable bonds is 4. The van der Waals surface area contributed by atoms with E-state index in [4.69, 9.17) is 11.5 Å². The second-order valence-electron chi connectivity index (χ2n) is 3.28. The highest BCUT2D eigenvalue weighted by Crippen LogP contribution is 2.22. The van der Waals surface area contributed by atoms with Crippen molar-refractivity contribution in [2.45, 2.75) is 31.7 Å². The van der Waals surface area contributed by atoms with Gasteiger partial charge in [0, 0.05) is 0 Å². The van der Waals surface area contributed by atoms with Crippen LogP contribution in [-0.2, 0) is 9.53 Å². The summed E-state index contributed by atoms with van der Waals surface area (Å²) in [6.07, 6.45) is -6.43. The molecule has 7 heteroatoms. The third-order valence-corrected chi connectivity index (χ3v) is 1.66. The van der Waals surface area contributed by atoms with E-state index >= 15 is 0 Å². The minimum absolute atomic E-state index is 0.566. The van der Waals surface area contributed by atoms with Crippen LogP contribution in [0.1, 0.15) is 13.8 Å². The van der Waals surface area contributed by atoms with Crippen molar-refractivity contribution in [2.75, 3.05) is 6.61 Å². The minimum atomic E-state index is -4.46. The second-order valence-corrected chi connectivity index (χ2v) is 3.28. The first-order valence-electron chi connectivity index (χ1n) is 3.84. The number of hydrogen-bond acceptors (Lipinski definition) is 3. The molecule has 0 rings (SSSR count). The fourth-order valence-electron chi connectivity index (χ4n) is 0.464. The number of nitrogens with two attached hydrogens (primary N) is 2. The smallest absolute Gasteiger partial charge is 0.368 e. The van der Waals surface area contributed by atoms with E-state index in [9.17, 15) is 18.0 Å². The lowest BCUT2D eigenvalue weighted by atomic mass is 10.1. The van der Waals surface area contributed by atoms with Crippen LogP contribution >= 0.6 is 0 Å². The number of halogens is 3. The quantitative estimate of drug-likeness (QED) is 0.699. The van der Waals surface area contributed by atoms with Crippen LogP contribution in [0.2, 0.25) is 0 Å². The van der Waals surface area contributed by atoms with Crippen LogP contribution in [0.25, 0.3) is 0 Å². The summed E-state index contributed by atoms with van der Waals surface area (Å²) in [6.45, 7) is 1.47. The number of primary amides is 1. The topological polar surface area (TPSA) is 78.3 Å². The number of carbonyl (C=O) groups is 1. The predicted octanol–water partition coefficient (Wildman–Crippen LogP) is 0.156. The second kappa shape index (κ2) is 4.14. The Labute approximate surface area is 79.4 Å². The average Bonchev–Trinajstić information content (AvgIpc) is 1.98. The van der Waals surface area contributed by atoms with Crippen molar-refractivity contribution in [3.05, 3.63) is 0 Å². The monoisotopic (exact) mass is 214 g/mol. The average molecular weight is 214 g/mol. The summed E-state index contributed by atoms with van der Waals surface area (Å²) in [7, 11) is 0. The van der Waals surface area contributed by atoms with Gasteiger partial charge in [-0.25, -0.2) is 0 Å². The molecule has 84 valence electrons. The first-order valence-corrected chi connectivity index (χ1v) is 3.84. The van der Waals surface area contributed by atoms with Crippen LogP contribution in [0.4, 0.5) is 13.2 Å². The van der Waals surface area contributed by atoms with Crippen molar-refractivity contribution >= 4 is 5.91 Å². The van der Waals surface area contributed by atoms with Gasteiger partial charge in [-0.15, -0.1) is 0 Å². The normalized spacial score (nSPS) is 18.7. The molecule has 0 aliphatic rings. The van der Waals surface area contributed by atoms with Crippen molar-refractivity contribution in [3.8, 4) is 0 Å². The number of amides is 1. The van der Waals surface area contributed by atoms with Gasteiger partial charge in [0.25, 0.3) is 0 Å². The SMILES string of the molecule is CC(OCC(C)(N)C(N)=O)C(F)(F)F. The van der Waals surface area contributed by atoms with Crippen LogP contribution in [0.3, 0.4) is 0 Å². The molecule has 2 atom stereocenters. The van der Waals surface area contributed by atoms with E-state index in [1.807, 2.05) is 0 Å². The Morgan fingerprint density at radius 2 is 1.93 bits per heavy atom. The molecule has 0 heterocycles.